The number of carbonyl (C=O) groups is 1. The zero-order valence-electron chi connectivity index (χ0n) is 21.5. The van der Waals surface area contributed by atoms with Gasteiger partial charge in [-0.15, -0.1) is 0 Å². The third-order valence-corrected chi connectivity index (χ3v) is 8.95. The second-order valence-electron chi connectivity index (χ2n) is 9.95. The van der Waals surface area contributed by atoms with Crippen LogP contribution in [0.15, 0.2) is 65.7 Å². The van der Waals surface area contributed by atoms with Crippen molar-refractivity contribution in [3.63, 3.8) is 0 Å². The van der Waals surface area contributed by atoms with Crippen LogP contribution in [0.25, 0.3) is 22.3 Å². The number of nitrogens with one attached hydrogen (secondary N) is 1. The maximum Gasteiger partial charge on any atom is 0.251 e. The highest BCUT2D eigenvalue weighted by Crippen LogP contribution is 2.46. The van der Waals surface area contributed by atoms with E-state index in [-0.39, 0.29) is 41.9 Å². The molecule has 2 aliphatic rings. The van der Waals surface area contributed by atoms with Crippen LogP contribution in [0.3, 0.4) is 0 Å². The Labute approximate surface area is 226 Å². The van der Waals surface area contributed by atoms with Gasteiger partial charge < -0.3 is 14.8 Å². The predicted octanol–water partition coefficient (Wildman–Crippen LogP) is 3.68. The fraction of sp³-hybridized carbons (Fsp3) is 0.310. The number of sulfone groups is 1. The molecule has 0 bridgehead atoms. The third kappa shape index (κ3) is 5.40. The summed E-state index contributed by atoms with van der Waals surface area (Å²) < 4.78 is 35.8. The molecule has 39 heavy (non-hydrogen) atoms. The average molecular weight is 545 g/mol. The van der Waals surface area contributed by atoms with Gasteiger partial charge in [-0.1, -0.05) is 12.1 Å². The minimum Gasteiger partial charge on any atom is -0.384 e. The normalized spacial score (nSPS) is 19.7. The lowest BCUT2D eigenvalue weighted by Gasteiger charge is -2.10. The summed E-state index contributed by atoms with van der Waals surface area (Å²) in [4.78, 5) is 27.2. The Morgan fingerprint density at radius 1 is 1.10 bits per heavy atom. The van der Waals surface area contributed by atoms with E-state index in [1.165, 1.54) is 6.07 Å². The number of ether oxygens (including phenoxy) is 2. The van der Waals surface area contributed by atoms with Gasteiger partial charge in [0, 0.05) is 42.5 Å². The summed E-state index contributed by atoms with van der Waals surface area (Å²) in [7, 11) is -1.77. The number of benzene rings is 1. The number of amides is 1. The molecule has 1 aliphatic heterocycles. The summed E-state index contributed by atoms with van der Waals surface area (Å²) >= 11 is 0. The highest BCUT2D eigenvalue weighted by Gasteiger charge is 2.39. The summed E-state index contributed by atoms with van der Waals surface area (Å²) in [5, 5.41) is 3.72. The maximum atomic E-state index is 12.9. The largest absolute Gasteiger partial charge is 0.384 e. The van der Waals surface area contributed by atoms with Crippen LogP contribution in [0.1, 0.15) is 39.6 Å². The van der Waals surface area contributed by atoms with E-state index in [4.69, 9.17) is 19.4 Å². The smallest absolute Gasteiger partial charge is 0.251 e. The number of nitrogens with zero attached hydrogens (tertiary/aromatic N) is 3. The van der Waals surface area contributed by atoms with Crippen LogP contribution in [-0.4, -0.2) is 55.4 Å². The molecule has 1 N–H and O–H groups in total. The van der Waals surface area contributed by atoms with Gasteiger partial charge >= 0.3 is 0 Å². The van der Waals surface area contributed by atoms with Gasteiger partial charge in [0.1, 0.15) is 0 Å². The van der Waals surface area contributed by atoms with E-state index in [9.17, 15) is 13.2 Å². The number of carbonyl (C=O) groups excluding carboxylic acids is 1. The zero-order valence-corrected chi connectivity index (χ0v) is 22.3. The van der Waals surface area contributed by atoms with Gasteiger partial charge in [-0.3, -0.25) is 14.8 Å². The lowest BCUT2D eigenvalue weighted by molar-refractivity contribution is 0.0950. The number of hydrogen-bond acceptors (Lipinski definition) is 8. The summed E-state index contributed by atoms with van der Waals surface area (Å²) in [6.45, 7) is 1.27. The molecule has 4 heterocycles. The molecule has 6 rings (SSSR count). The first-order chi connectivity index (χ1) is 18.9. The maximum absolute atomic E-state index is 12.9. The minimum atomic E-state index is -3.50. The van der Waals surface area contributed by atoms with Gasteiger partial charge in [-0.25, -0.2) is 13.4 Å². The number of aromatic nitrogens is 3. The molecule has 4 aromatic rings. The molecular formula is C29H28N4O5S. The van der Waals surface area contributed by atoms with Crippen molar-refractivity contribution < 1.29 is 22.7 Å². The molecule has 200 valence electrons. The molecule has 0 saturated heterocycles. The Bertz CT molecular complexity index is 1670. The summed E-state index contributed by atoms with van der Waals surface area (Å²) in [6, 6.07) is 16.5. The topological polar surface area (TPSA) is 120 Å². The average Bonchev–Trinajstić information content (AvgIpc) is 3.75. The summed E-state index contributed by atoms with van der Waals surface area (Å²) in [6.07, 6.45) is 2.82. The van der Waals surface area contributed by atoms with Gasteiger partial charge in [0.05, 0.1) is 53.0 Å². The van der Waals surface area contributed by atoms with E-state index in [0.717, 1.165) is 41.0 Å². The first kappa shape index (κ1) is 25.5. The number of rotatable bonds is 7. The lowest BCUT2D eigenvalue weighted by atomic mass is 10.1. The van der Waals surface area contributed by atoms with Crippen LogP contribution in [0.2, 0.25) is 0 Å². The molecule has 1 aliphatic carbocycles. The fourth-order valence-electron chi connectivity index (χ4n) is 4.94. The highest BCUT2D eigenvalue weighted by molar-refractivity contribution is 7.91. The SMILES string of the molecule is COC[C@H]1C[C@@H]1c1cccc(-c2ccc3cnc(CNC(=O)c4ccc5c(c4)S(=O)(=O)CCOC5)cc3n2)n1. The van der Waals surface area contributed by atoms with E-state index in [2.05, 4.69) is 16.4 Å². The number of hydrogen-bond donors (Lipinski definition) is 1. The number of fused-ring (bicyclic) bond motifs is 2. The van der Waals surface area contributed by atoms with Crippen LogP contribution in [-0.2, 0) is 32.5 Å². The van der Waals surface area contributed by atoms with Crippen molar-refractivity contribution in [3.8, 4) is 11.4 Å². The van der Waals surface area contributed by atoms with E-state index >= 15 is 0 Å². The summed E-state index contributed by atoms with van der Waals surface area (Å²) in [5.41, 5.74) is 4.87. The van der Waals surface area contributed by atoms with Gasteiger partial charge in [0.15, 0.2) is 9.84 Å². The molecule has 1 fully saturated rings. The van der Waals surface area contributed by atoms with E-state index in [1.54, 1.807) is 25.4 Å². The number of methoxy groups -OCH3 is 1. The van der Waals surface area contributed by atoms with E-state index in [0.29, 0.717) is 23.1 Å². The third-order valence-electron chi connectivity index (χ3n) is 7.19. The molecule has 10 heteroatoms. The lowest BCUT2D eigenvalue weighted by Crippen LogP contribution is -2.23. The number of pyridine rings is 3. The van der Waals surface area contributed by atoms with Crippen molar-refractivity contribution in [1.82, 2.24) is 20.3 Å². The van der Waals surface area contributed by atoms with Crippen molar-refractivity contribution in [2.24, 2.45) is 5.92 Å². The predicted molar refractivity (Wildman–Crippen MR) is 145 cm³/mol. The molecular weight excluding hydrogens is 516 g/mol. The fourth-order valence-corrected chi connectivity index (χ4v) is 6.33. The second kappa shape index (κ2) is 10.4. The quantitative estimate of drug-likeness (QED) is 0.374. The van der Waals surface area contributed by atoms with Gasteiger partial charge in [-0.2, -0.15) is 0 Å². The second-order valence-corrected chi connectivity index (χ2v) is 12.0. The standard InChI is InChI=1S/C29H28N4O5S/c1-37-16-21-11-23(21)24-3-2-4-25(32-24)26-8-7-19-14-30-22(13-27(19)33-26)15-31-29(34)18-5-6-20-17-38-9-10-39(35,36)28(20)12-18/h2-8,12-14,21,23H,9-11,15-17H2,1H3,(H,31,34)/t21-,23+/m1/s1. The van der Waals surface area contributed by atoms with Crippen molar-refractivity contribution in [2.75, 3.05) is 26.1 Å². The molecule has 0 radical (unpaired) electrons. The van der Waals surface area contributed by atoms with Crippen LogP contribution >= 0.6 is 0 Å². The van der Waals surface area contributed by atoms with Crippen LogP contribution in [0.5, 0.6) is 0 Å². The van der Waals surface area contributed by atoms with Crippen molar-refractivity contribution in [2.45, 2.75) is 30.4 Å². The Hall–Kier alpha value is -3.73. The van der Waals surface area contributed by atoms with Crippen LogP contribution in [0, 0.1) is 5.92 Å². The Kier molecular flexibility index (Phi) is 6.84. The molecule has 1 saturated carbocycles. The first-order valence-corrected chi connectivity index (χ1v) is 14.5. The molecule has 0 spiro atoms. The monoisotopic (exact) mass is 544 g/mol. The van der Waals surface area contributed by atoms with Gasteiger partial charge in [-0.05, 0) is 60.4 Å². The molecule has 1 aromatic carbocycles. The van der Waals surface area contributed by atoms with Crippen molar-refractivity contribution in [3.05, 3.63) is 83.3 Å². The van der Waals surface area contributed by atoms with Gasteiger partial charge in [0.2, 0.25) is 0 Å². The molecule has 1 amide bonds. The Morgan fingerprint density at radius 2 is 1.97 bits per heavy atom. The Balaban J connectivity index is 1.18. The highest BCUT2D eigenvalue weighted by atomic mass is 32.2. The van der Waals surface area contributed by atoms with Crippen LogP contribution < -0.4 is 5.32 Å². The summed E-state index contributed by atoms with van der Waals surface area (Å²) in [5.74, 6) is 0.471. The Morgan fingerprint density at radius 3 is 2.85 bits per heavy atom. The van der Waals surface area contributed by atoms with Crippen LogP contribution in [0.4, 0.5) is 0 Å². The molecule has 9 nitrogen and oxygen atoms in total. The zero-order chi connectivity index (χ0) is 27.0. The van der Waals surface area contributed by atoms with E-state index in [1.807, 2.05) is 30.3 Å². The first-order valence-electron chi connectivity index (χ1n) is 12.8. The molecule has 3 aromatic heterocycles. The van der Waals surface area contributed by atoms with Crippen molar-refractivity contribution >= 4 is 26.6 Å². The molecule has 2 atom stereocenters. The molecule has 0 unspecified atom stereocenters. The van der Waals surface area contributed by atoms with E-state index < -0.39 is 9.84 Å². The minimum absolute atomic E-state index is 0.101. The van der Waals surface area contributed by atoms with Crippen molar-refractivity contribution in [1.29, 1.82) is 0 Å². The van der Waals surface area contributed by atoms with Gasteiger partial charge in [0.25, 0.3) is 5.91 Å².